The maximum Gasteiger partial charge on any atom is 0.161 e. The summed E-state index contributed by atoms with van der Waals surface area (Å²) in [5.41, 5.74) is 1.12. The molecule has 3 heteroatoms. The van der Waals surface area contributed by atoms with E-state index in [0.29, 0.717) is 0 Å². The summed E-state index contributed by atoms with van der Waals surface area (Å²) in [6.45, 7) is 9.84. The van der Waals surface area contributed by atoms with Gasteiger partial charge in [0.1, 0.15) is 0 Å². The molecule has 0 aromatic heterocycles. The third-order valence-corrected chi connectivity index (χ3v) is 3.04. The van der Waals surface area contributed by atoms with Gasteiger partial charge in [-0.05, 0) is 12.8 Å². The highest BCUT2D eigenvalue weighted by Crippen LogP contribution is 2.12. The summed E-state index contributed by atoms with van der Waals surface area (Å²) in [6.07, 6.45) is 5.17. The molecule has 0 bridgehead atoms. The molecule has 0 saturated carbocycles. The lowest BCUT2D eigenvalue weighted by atomic mass is 10.2. The summed E-state index contributed by atoms with van der Waals surface area (Å²) < 4.78 is 11.4. The Balaban J connectivity index is 3.80. The Bertz CT molecular complexity index is 161. The van der Waals surface area contributed by atoms with Crippen LogP contribution >= 0.6 is 15.9 Å². The van der Waals surface area contributed by atoms with Crippen LogP contribution in [0, 0.1) is 0 Å². The first kappa shape index (κ1) is 16.1. The highest BCUT2D eigenvalue weighted by Gasteiger charge is 2.10. The predicted octanol–water partition coefficient (Wildman–Crippen LogP) is 4.29. The first-order valence-corrected chi connectivity index (χ1v) is 7.32. The van der Waals surface area contributed by atoms with Crippen LogP contribution in [0.15, 0.2) is 12.2 Å². The van der Waals surface area contributed by atoms with Crippen LogP contribution in [0.25, 0.3) is 0 Å². The number of alkyl halides is 1. The zero-order chi connectivity index (χ0) is 12.2. The second-order valence-corrected chi connectivity index (χ2v) is 4.53. The number of ether oxygens (including phenoxy) is 2. The third kappa shape index (κ3) is 9.37. The van der Waals surface area contributed by atoms with E-state index in [1.807, 2.05) is 0 Å². The molecule has 2 nitrogen and oxygen atoms in total. The molecular formula is C13H25BrO2. The lowest BCUT2D eigenvalue weighted by Gasteiger charge is -2.19. The fraction of sp³-hybridized carbons (Fsp3) is 0.846. The monoisotopic (exact) mass is 292 g/mol. The van der Waals surface area contributed by atoms with Crippen LogP contribution in [0.1, 0.15) is 46.0 Å². The van der Waals surface area contributed by atoms with Crippen molar-refractivity contribution in [3.63, 3.8) is 0 Å². The minimum atomic E-state index is -0.108. The zero-order valence-electron chi connectivity index (χ0n) is 10.6. The summed E-state index contributed by atoms with van der Waals surface area (Å²) in [6, 6.07) is 0. The molecule has 0 atom stereocenters. The largest absolute Gasteiger partial charge is 0.352 e. The molecule has 0 radical (unpaired) electrons. The fourth-order valence-electron chi connectivity index (χ4n) is 1.17. The van der Waals surface area contributed by atoms with Gasteiger partial charge in [0.2, 0.25) is 0 Å². The third-order valence-electron chi connectivity index (χ3n) is 2.25. The minimum Gasteiger partial charge on any atom is -0.352 e. The van der Waals surface area contributed by atoms with Crippen molar-refractivity contribution in [3.8, 4) is 0 Å². The SMILES string of the molecule is C=C(CBr)CC(OCCCC)OCCCC. The van der Waals surface area contributed by atoms with Crippen LogP contribution in [0.2, 0.25) is 0 Å². The van der Waals surface area contributed by atoms with E-state index in [9.17, 15) is 0 Å². The smallest absolute Gasteiger partial charge is 0.161 e. The van der Waals surface area contributed by atoms with E-state index in [-0.39, 0.29) is 6.29 Å². The number of halogens is 1. The molecule has 0 amide bonds. The standard InChI is InChI=1S/C13H25BrO2/c1-4-6-8-15-13(10-12(3)11-14)16-9-7-5-2/h13H,3-11H2,1-2H3. The van der Waals surface area contributed by atoms with Gasteiger partial charge in [0, 0.05) is 25.0 Å². The Morgan fingerprint density at radius 3 is 2.00 bits per heavy atom. The molecule has 0 unspecified atom stereocenters. The lowest BCUT2D eigenvalue weighted by Crippen LogP contribution is -2.19. The van der Waals surface area contributed by atoms with Crippen molar-refractivity contribution in [2.24, 2.45) is 0 Å². The van der Waals surface area contributed by atoms with E-state index < -0.39 is 0 Å². The van der Waals surface area contributed by atoms with Crippen LogP contribution in [0.5, 0.6) is 0 Å². The van der Waals surface area contributed by atoms with Gasteiger partial charge in [-0.15, -0.1) is 0 Å². The Labute approximate surface area is 109 Å². The number of hydrogen-bond donors (Lipinski definition) is 0. The van der Waals surface area contributed by atoms with Gasteiger partial charge in [0.15, 0.2) is 6.29 Å². The van der Waals surface area contributed by atoms with Crippen molar-refractivity contribution >= 4 is 15.9 Å². The van der Waals surface area contributed by atoms with Crippen LogP contribution in [-0.2, 0) is 9.47 Å². The topological polar surface area (TPSA) is 18.5 Å². The van der Waals surface area contributed by atoms with Crippen LogP contribution in [0.4, 0.5) is 0 Å². The van der Waals surface area contributed by atoms with Gasteiger partial charge in [0.25, 0.3) is 0 Å². The summed E-state index contributed by atoms with van der Waals surface area (Å²) in [5.74, 6) is 0. The fourth-order valence-corrected chi connectivity index (χ4v) is 1.40. The Morgan fingerprint density at radius 2 is 1.62 bits per heavy atom. The molecular weight excluding hydrogens is 268 g/mol. The second kappa shape index (κ2) is 11.6. The van der Waals surface area contributed by atoms with Crippen LogP contribution < -0.4 is 0 Å². The van der Waals surface area contributed by atoms with Crippen molar-refractivity contribution in [2.45, 2.75) is 52.2 Å². The van der Waals surface area contributed by atoms with Gasteiger partial charge < -0.3 is 9.47 Å². The van der Waals surface area contributed by atoms with Crippen molar-refractivity contribution in [3.05, 3.63) is 12.2 Å². The molecule has 16 heavy (non-hydrogen) atoms. The molecule has 96 valence electrons. The van der Waals surface area contributed by atoms with E-state index in [1.165, 1.54) is 0 Å². The minimum absolute atomic E-state index is 0.108. The predicted molar refractivity (Wildman–Crippen MR) is 73.1 cm³/mol. The first-order chi connectivity index (χ1) is 7.74. The maximum absolute atomic E-state index is 5.70. The van der Waals surface area contributed by atoms with E-state index in [4.69, 9.17) is 9.47 Å². The molecule has 0 aliphatic carbocycles. The Morgan fingerprint density at radius 1 is 1.12 bits per heavy atom. The molecule has 0 aliphatic heterocycles. The van der Waals surface area contributed by atoms with Gasteiger partial charge in [-0.3, -0.25) is 0 Å². The van der Waals surface area contributed by atoms with E-state index in [0.717, 1.165) is 56.2 Å². The number of hydrogen-bond acceptors (Lipinski definition) is 2. The second-order valence-electron chi connectivity index (χ2n) is 3.97. The summed E-state index contributed by atoms with van der Waals surface area (Å²) >= 11 is 3.40. The number of rotatable bonds is 11. The molecule has 0 N–H and O–H groups in total. The maximum atomic E-state index is 5.70. The van der Waals surface area contributed by atoms with Gasteiger partial charge in [-0.2, -0.15) is 0 Å². The van der Waals surface area contributed by atoms with Crippen molar-refractivity contribution in [1.29, 1.82) is 0 Å². The highest BCUT2D eigenvalue weighted by molar-refractivity contribution is 9.09. The summed E-state index contributed by atoms with van der Waals surface area (Å²) in [4.78, 5) is 0. The van der Waals surface area contributed by atoms with Gasteiger partial charge in [-0.1, -0.05) is 54.8 Å². The van der Waals surface area contributed by atoms with Gasteiger partial charge in [-0.25, -0.2) is 0 Å². The molecule has 0 aliphatic rings. The van der Waals surface area contributed by atoms with Crippen molar-refractivity contribution in [2.75, 3.05) is 18.5 Å². The van der Waals surface area contributed by atoms with E-state index in [1.54, 1.807) is 0 Å². The molecule has 0 aromatic carbocycles. The Kier molecular flexibility index (Phi) is 11.7. The zero-order valence-corrected chi connectivity index (χ0v) is 12.2. The molecule has 0 heterocycles. The summed E-state index contributed by atoms with van der Waals surface area (Å²) in [5, 5.41) is 0.817. The van der Waals surface area contributed by atoms with Crippen molar-refractivity contribution < 1.29 is 9.47 Å². The molecule has 0 fully saturated rings. The highest BCUT2D eigenvalue weighted by atomic mass is 79.9. The molecule has 0 spiro atoms. The number of unbranched alkanes of at least 4 members (excludes halogenated alkanes) is 2. The molecule has 0 rings (SSSR count). The quantitative estimate of drug-likeness (QED) is 0.245. The first-order valence-electron chi connectivity index (χ1n) is 6.20. The van der Waals surface area contributed by atoms with Crippen LogP contribution in [0.3, 0.4) is 0 Å². The normalized spacial score (nSPS) is 11.0. The lowest BCUT2D eigenvalue weighted by molar-refractivity contribution is -0.142. The van der Waals surface area contributed by atoms with E-state index in [2.05, 4.69) is 36.4 Å². The van der Waals surface area contributed by atoms with Gasteiger partial charge >= 0.3 is 0 Å². The van der Waals surface area contributed by atoms with Crippen LogP contribution in [-0.4, -0.2) is 24.8 Å². The van der Waals surface area contributed by atoms with E-state index >= 15 is 0 Å². The average molecular weight is 293 g/mol. The summed E-state index contributed by atoms with van der Waals surface area (Å²) in [7, 11) is 0. The molecule has 0 aromatic rings. The van der Waals surface area contributed by atoms with Crippen molar-refractivity contribution in [1.82, 2.24) is 0 Å². The van der Waals surface area contributed by atoms with Gasteiger partial charge in [0.05, 0.1) is 0 Å². The molecule has 0 saturated heterocycles. The average Bonchev–Trinajstić information content (AvgIpc) is 2.29. The Hall–Kier alpha value is 0.140.